The molecule has 2 amide bonds. The molecule has 0 bridgehead atoms. The first-order valence-corrected chi connectivity index (χ1v) is 7.02. The number of amides is 2. The minimum atomic E-state index is -0.0947. The fourth-order valence-electron chi connectivity index (χ4n) is 2.27. The second kappa shape index (κ2) is 8.73. The van der Waals surface area contributed by atoms with Gasteiger partial charge in [-0.2, -0.15) is 0 Å². The first-order valence-electron chi connectivity index (χ1n) is 7.02. The highest BCUT2D eigenvalue weighted by Gasteiger charge is 2.19. The van der Waals surface area contributed by atoms with Crippen molar-refractivity contribution in [1.82, 2.24) is 10.6 Å². The van der Waals surface area contributed by atoms with Crippen LogP contribution in [0, 0.1) is 0 Å². The quantitative estimate of drug-likeness (QED) is 0.653. The van der Waals surface area contributed by atoms with E-state index in [4.69, 9.17) is 4.74 Å². The largest absolute Gasteiger partial charge is 0.383 e. The lowest BCUT2D eigenvalue weighted by molar-refractivity contribution is -0.121. The fourth-order valence-corrected chi connectivity index (χ4v) is 2.27. The van der Waals surface area contributed by atoms with Crippen molar-refractivity contribution in [2.75, 3.05) is 32.1 Å². The van der Waals surface area contributed by atoms with Gasteiger partial charge >= 0.3 is 0 Å². The molecule has 7 heteroatoms. The van der Waals surface area contributed by atoms with Gasteiger partial charge in [0, 0.05) is 19.3 Å². The van der Waals surface area contributed by atoms with Gasteiger partial charge in [-0.25, -0.2) is 0 Å². The van der Waals surface area contributed by atoms with Crippen molar-refractivity contribution < 1.29 is 14.3 Å². The summed E-state index contributed by atoms with van der Waals surface area (Å²) in [5.41, 5.74) is 2.84. The molecule has 0 saturated heterocycles. The predicted octanol–water partition coefficient (Wildman–Crippen LogP) is 1.02. The molecule has 3 N–H and O–H groups in total. The van der Waals surface area contributed by atoms with Gasteiger partial charge in [0.15, 0.2) is 0 Å². The van der Waals surface area contributed by atoms with E-state index in [1.807, 2.05) is 25.1 Å². The second-order valence-electron chi connectivity index (χ2n) is 5.10. The summed E-state index contributed by atoms with van der Waals surface area (Å²) in [5.74, 6) is -0.0468. The van der Waals surface area contributed by atoms with Crippen LogP contribution in [-0.4, -0.2) is 38.6 Å². The van der Waals surface area contributed by atoms with Crippen molar-refractivity contribution >= 4 is 29.9 Å². The number of benzene rings is 1. The van der Waals surface area contributed by atoms with Gasteiger partial charge in [-0.1, -0.05) is 12.1 Å². The average molecular weight is 328 g/mol. The number of halogens is 1. The molecule has 1 aliphatic heterocycles. The van der Waals surface area contributed by atoms with Crippen molar-refractivity contribution in [3.05, 3.63) is 29.3 Å². The molecule has 122 valence electrons. The van der Waals surface area contributed by atoms with Crippen LogP contribution in [0.3, 0.4) is 0 Å². The van der Waals surface area contributed by atoms with Crippen LogP contribution < -0.4 is 16.0 Å². The molecule has 6 nitrogen and oxygen atoms in total. The van der Waals surface area contributed by atoms with Gasteiger partial charge in [-0.3, -0.25) is 9.59 Å². The molecule has 0 spiro atoms. The molecular formula is C15H22ClN3O3. The molecule has 0 radical (unpaired) electrons. The topological polar surface area (TPSA) is 79.5 Å². The van der Waals surface area contributed by atoms with E-state index in [9.17, 15) is 9.59 Å². The molecule has 1 aromatic carbocycles. The summed E-state index contributed by atoms with van der Waals surface area (Å²) in [5, 5.41) is 8.72. The summed E-state index contributed by atoms with van der Waals surface area (Å²) in [6.07, 6.45) is 0.405. The van der Waals surface area contributed by atoms with Gasteiger partial charge in [-0.05, 0) is 24.1 Å². The smallest absolute Gasteiger partial charge is 0.234 e. The Morgan fingerprint density at radius 2 is 2.23 bits per heavy atom. The molecule has 22 heavy (non-hydrogen) atoms. The van der Waals surface area contributed by atoms with Crippen LogP contribution in [-0.2, 0) is 20.7 Å². The number of nitrogens with one attached hydrogen (secondary N) is 3. The van der Waals surface area contributed by atoms with Crippen LogP contribution in [0.5, 0.6) is 0 Å². The Morgan fingerprint density at radius 3 is 2.95 bits per heavy atom. The fraction of sp³-hybridized carbons (Fsp3) is 0.467. The Balaban J connectivity index is 0.00000242. The van der Waals surface area contributed by atoms with Crippen LogP contribution in [0.4, 0.5) is 5.69 Å². The second-order valence-corrected chi connectivity index (χ2v) is 5.10. The van der Waals surface area contributed by atoms with Crippen molar-refractivity contribution in [1.29, 1.82) is 0 Å². The summed E-state index contributed by atoms with van der Waals surface area (Å²) in [6, 6.07) is 5.68. The minimum absolute atomic E-state index is 0. The van der Waals surface area contributed by atoms with Gasteiger partial charge in [-0.15, -0.1) is 12.4 Å². The lowest BCUT2D eigenvalue weighted by Crippen LogP contribution is -2.36. The molecule has 1 unspecified atom stereocenters. The molecule has 0 fully saturated rings. The van der Waals surface area contributed by atoms with Crippen LogP contribution >= 0.6 is 12.4 Å². The number of fused-ring (bicyclic) bond motifs is 1. The van der Waals surface area contributed by atoms with E-state index in [1.54, 1.807) is 7.11 Å². The van der Waals surface area contributed by atoms with Crippen molar-refractivity contribution in [2.24, 2.45) is 0 Å². The van der Waals surface area contributed by atoms with E-state index in [-0.39, 0.29) is 36.8 Å². The lowest BCUT2D eigenvalue weighted by Gasteiger charge is -2.15. The Labute approximate surface area is 136 Å². The SMILES string of the molecule is COCCNCC(=O)NC(C)c1ccc2c(c1)CC(=O)N2.Cl. The maximum Gasteiger partial charge on any atom is 0.234 e. The zero-order valence-electron chi connectivity index (χ0n) is 12.8. The van der Waals surface area contributed by atoms with E-state index in [2.05, 4.69) is 16.0 Å². The van der Waals surface area contributed by atoms with Gasteiger partial charge in [0.1, 0.15) is 0 Å². The number of anilines is 1. The van der Waals surface area contributed by atoms with Crippen LogP contribution in [0.2, 0.25) is 0 Å². The third-order valence-electron chi connectivity index (χ3n) is 3.40. The van der Waals surface area contributed by atoms with E-state index in [0.29, 0.717) is 19.6 Å². The third-order valence-corrected chi connectivity index (χ3v) is 3.40. The van der Waals surface area contributed by atoms with Gasteiger partial charge in [0.25, 0.3) is 0 Å². The van der Waals surface area contributed by atoms with Gasteiger partial charge in [0.2, 0.25) is 11.8 Å². The van der Waals surface area contributed by atoms with Crippen molar-refractivity contribution in [3.8, 4) is 0 Å². The highest BCUT2D eigenvalue weighted by molar-refractivity contribution is 5.99. The standard InChI is InChI=1S/C15H21N3O3.ClH/c1-10(17-15(20)9-16-5-6-21-2)11-3-4-13-12(7-11)8-14(19)18-13;/h3-4,7,10,16H,5-6,8-9H2,1-2H3,(H,17,20)(H,18,19);1H. The minimum Gasteiger partial charge on any atom is -0.383 e. The number of ether oxygens (including phenoxy) is 1. The molecule has 0 aromatic heterocycles. The zero-order chi connectivity index (χ0) is 15.2. The van der Waals surface area contributed by atoms with E-state index >= 15 is 0 Å². The molecule has 1 atom stereocenters. The van der Waals surface area contributed by atoms with Crippen LogP contribution in [0.15, 0.2) is 18.2 Å². The normalized spacial score (nSPS) is 13.8. The Hall–Kier alpha value is -1.63. The molecule has 1 aliphatic rings. The first kappa shape index (κ1) is 18.4. The third kappa shape index (κ3) is 4.98. The zero-order valence-corrected chi connectivity index (χ0v) is 13.6. The Morgan fingerprint density at radius 1 is 1.45 bits per heavy atom. The number of hydrogen-bond donors (Lipinski definition) is 3. The average Bonchev–Trinajstić information content (AvgIpc) is 2.82. The van der Waals surface area contributed by atoms with Crippen LogP contribution in [0.25, 0.3) is 0 Å². The summed E-state index contributed by atoms with van der Waals surface area (Å²) in [4.78, 5) is 23.1. The predicted molar refractivity (Wildman–Crippen MR) is 87.3 cm³/mol. The molecule has 1 aromatic rings. The van der Waals surface area contributed by atoms with Gasteiger partial charge < -0.3 is 20.7 Å². The maximum atomic E-state index is 11.8. The number of rotatable bonds is 7. The molecule has 0 saturated carbocycles. The van der Waals surface area contributed by atoms with E-state index in [0.717, 1.165) is 16.8 Å². The first-order chi connectivity index (χ1) is 10.1. The molecule has 2 rings (SSSR count). The number of carbonyl (C=O) groups excluding carboxylic acids is 2. The summed E-state index contributed by atoms with van der Waals surface area (Å²) in [6.45, 7) is 3.41. The number of methoxy groups -OCH3 is 1. The van der Waals surface area contributed by atoms with Crippen molar-refractivity contribution in [2.45, 2.75) is 19.4 Å². The number of hydrogen-bond acceptors (Lipinski definition) is 4. The van der Waals surface area contributed by atoms with Gasteiger partial charge in [0.05, 0.1) is 25.6 Å². The van der Waals surface area contributed by atoms with E-state index in [1.165, 1.54) is 0 Å². The van der Waals surface area contributed by atoms with E-state index < -0.39 is 0 Å². The summed E-state index contributed by atoms with van der Waals surface area (Å²) >= 11 is 0. The molecule has 1 heterocycles. The van der Waals surface area contributed by atoms with Crippen LogP contribution in [0.1, 0.15) is 24.1 Å². The lowest BCUT2D eigenvalue weighted by atomic mass is 10.0. The molecule has 0 aliphatic carbocycles. The van der Waals surface area contributed by atoms with Crippen molar-refractivity contribution in [3.63, 3.8) is 0 Å². The monoisotopic (exact) mass is 327 g/mol. The summed E-state index contributed by atoms with van der Waals surface area (Å²) < 4.78 is 4.90. The highest BCUT2D eigenvalue weighted by atomic mass is 35.5. The molecular weight excluding hydrogens is 306 g/mol. The maximum absolute atomic E-state index is 11.8. The Bertz CT molecular complexity index is 537. The Kier molecular flexibility index (Phi) is 7.31. The number of carbonyl (C=O) groups is 2. The summed E-state index contributed by atoms with van der Waals surface area (Å²) in [7, 11) is 1.62. The highest BCUT2D eigenvalue weighted by Crippen LogP contribution is 2.26.